The van der Waals surface area contributed by atoms with Crippen molar-refractivity contribution in [1.82, 2.24) is 4.90 Å². The second-order valence-corrected chi connectivity index (χ2v) is 6.45. The normalized spacial score (nSPS) is 15.4. The van der Waals surface area contributed by atoms with E-state index in [-0.39, 0.29) is 30.1 Å². The molecule has 0 N–H and O–H groups in total. The molecule has 0 bridgehead atoms. The summed E-state index contributed by atoms with van der Waals surface area (Å²) in [6.07, 6.45) is 6.79. The van der Waals surface area contributed by atoms with E-state index in [0.717, 1.165) is 22.2 Å². The molecule has 0 atom stereocenters. The molecule has 1 aliphatic heterocycles. The van der Waals surface area contributed by atoms with Crippen molar-refractivity contribution in [2.24, 2.45) is 0 Å². The highest BCUT2D eigenvalue weighted by Crippen LogP contribution is 2.33. The summed E-state index contributed by atoms with van der Waals surface area (Å²) >= 11 is 0.884. The summed E-state index contributed by atoms with van der Waals surface area (Å²) in [5, 5.41) is -0.348. The number of carbonyl (C=O) groups excluding carboxylic acids is 2. The van der Waals surface area contributed by atoms with E-state index >= 15 is 0 Å². The van der Waals surface area contributed by atoms with E-state index in [1.807, 2.05) is 0 Å². The maximum Gasteiger partial charge on any atom is 0.293 e. The van der Waals surface area contributed by atoms with E-state index in [1.165, 1.54) is 12.1 Å². The number of halogens is 1. The van der Waals surface area contributed by atoms with Crippen LogP contribution in [0.25, 0.3) is 6.08 Å². The summed E-state index contributed by atoms with van der Waals surface area (Å²) in [6, 6.07) is 12.7. The Bertz CT molecular complexity index is 898. The van der Waals surface area contributed by atoms with Gasteiger partial charge in [0.25, 0.3) is 11.1 Å². The van der Waals surface area contributed by atoms with Gasteiger partial charge in [0.05, 0.1) is 11.4 Å². The molecule has 0 saturated carbocycles. The van der Waals surface area contributed by atoms with Gasteiger partial charge in [-0.3, -0.25) is 14.5 Å². The Labute approximate surface area is 154 Å². The van der Waals surface area contributed by atoms with Crippen molar-refractivity contribution in [3.05, 3.63) is 70.4 Å². The van der Waals surface area contributed by atoms with Crippen molar-refractivity contribution >= 4 is 29.0 Å². The van der Waals surface area contributed by atoms with Crippen molar-refractivity contribution in [3.8, 4) is 18.1 Å². The first-order valence-corrected chi connectivity index (χ1v) is 8.54. The number of thioether (sulfide) groups is 1. The Balaban J connectivity index is 1.72. The lowest BCUT2D eigenvalue weighted by Gasteiger charge is -2.12. The zero-order valence-electron chi connectivity index (χ0n) is 13.6. The molecule has 2 amide bonds. The minimum atomic E-state index is -0.364. The molecule has 0 aliphatic carbocycles. The Morgan fingerprint density at radius 3 is 2.46 bits per heavy atom. The molecule has 6 heteroatoms. The lowest BCUT2D eigenvalue weighted by Crippen LogP contribution is -2.27. The van der Waals surface area contributed by atoms with E-state index in [0.29, 0.717) is 16.2 Å². The molecular formula is C20H14FNO3S. The first kappa shape index (κ1) is 17.8. The van der Waals surface area contributed by atoms with Gasteiger partial charge in [0, 0.05) is 0 Å². The van der Waals surface area contributed by atoms with Gasteiger partial charge in [0.1, 0.15) is 18.2 Å². The molecule has 1 aliphatic rings. The topological polar surface area (TPSA) is 46.6 Å². The number of nitrogens with zero attached hydrogens (tertiary/aromatic N) is 1. The van der Waals surface area contributed by atoms with Crippen molar-refractivity contribution in [3.63, 3.8) is 0 Å². The fraction of sp³-hybridized carbons (Fsp3) is 0.100. The molecule has 130 valence electrons. The minimum Gasteiger partial charge on any atom is -0.481 e. The van der Waals surface area contributed by atoms with E-state index in [1.54, 1.807) is 42.5 Å². The van der Waals surface area contributed by atoms with E-state index in [4.69, 9.17) is 11.2 Å². The van der Waals surface area contributed by atoms with Crippen LogP contribution in [0, 0.1) is 18.2 Å². The van der Waals surface area contributed by atoms with Crippen LogP contribution in [0.3, 0.4) is 0 Å². The fourth-order valence-corrected chi connectivity index (χ4v) is 3.18. The first-order valence-electron chi connectivity index (χ1n) is 7.73. The molecule has 0 spiro atoms. The number of rotatable bonds is 5. The number of carbonyl (C=O) groups is 2. The van der Waals surface area contributed by atoms with Crippen LogP contribution in [-0.2, 0) is 11.3 Å². The number of terminal acetylenes is 1. The summed E-state index contributed by atoms with van der Waals surface area (Å²) < 4.78 is 18.3. The van der Waals surface area contributed by atoms with Gasteiger partial charge in [-0.05, 0) is 53.2 Å². The zero-order chi connectivity index (χ0) is 18.5. The molecule has 4 nitrogen and oxygen atoms in total. The van der Waals surface area contributed by atoms with Crippen LogP contribution in [0.1, 0.15) is 11.1 Å². The number of hydrogen-bond acceptors (Lipinski definition) is 4. The Morgan fingerprint density at radius 1 is 1.12 bits per heavy atom. The molecule has 1 heterocycles. The molecule has 1 saturated heterocycles. The summed E-state index contributed by atoms with van der Waals surface area (Å²) in [7, 11) is 0. The van der Waals surface area contributed by atoms with Gasteiger partial charge in [0.2, 0.25) is 0 Å². The largest absolute Gasteiger partial charge is 0.481 e. The van der Waals surface area contributed by atoms with Crippen LogP contribution in [0.5, 0.6) is 5.75 Å². The third-order valence-corrected chi connectivity index (χ3v) is 4.53. The Morgan fingerprint density at radius 2 is 1.81 bits per heavy atom. The van der Waals surface area contributed by atoms with Crippen molar-refractivity contribution in [2.45, 2.75) is 6.54 Å². The molecule has 2 aromatic carbocycles. The quantitative estimate of drug-likeness (QED) is 0.590. The molecule has 0 unspecified atom stereocenters. The second kappa shape index (κ2) is 7.89. The second-order valence-electron chi connectivity index (χ2n) is 5.46. The van der Waals surface area contributed by atoms with Crippen LogP contribution >= 0.6 is 11.8 Å². The van der Waals surface area contributed by atoms with Gasteiger partial charge in [-0.15, -0.1) is 6.42 Å². The van der Waals surface area contributed by atoms with Gasteiger partial charge in [-0.2, -0.15) is 0 Å². The molecular weight excluding hydrogens is 353 g/mol. The lowest BCUT2D eigenvalue weighted by atomic mass is 10.2. The maximum absolute atomic E-state index is 13.0. The van der Waals surface area contributed by atoms with Crippen LogP contribution < -0.4 is 4.74 Å². The van der Waals surface area contributed by atoms with E-state index in [9.17, 15) is 14.0 Å². The summed E-state index contributed by atoms with van der Waals surface area (Å²) in [5.41, 5.74) is 1.45. The average Bonchev–Trinajstić information content (AvgIpc) is 2.90. The molecule has 0 radical (unpaired) electrons. The molecule has 1 fully saturated rings. The number of hydrogen-bond donors (Lipinski definition) is 0. The fourth-order valence-electron chi connectivity index (χ4n) is 2.35. The average molecular weight is 367 g/mol. The molecule has 0 aromatic heterocycles. The summed E-state index contributed by atoms with van der Waals surface area (Å²) in [4.78, 5) is 26.1. The van der Waals surface area contributed by atoms with Gasteiger partial charge >= 0.3 is 0 Å². The standard InChI is InChI=1S/C20H14FNO3S/c1-2-11-25-17-9-5-14(6-10-17)12-18-19(23)22(20(24)26-18)13-15-3-7-16(21)8-4-15/h1,3-10,12H,11,13H2/b18-12-. The summed E-state index contributed by atoms with van der Waals surface area (Å²) in [5.74, 6) is 2.28. The maximum atomic E-state index is 13.0. The Hall–Kier alpha value is -3.04. The molecule has 3 rings (SSSR count). The van der Waals surface area contributed by atoms with Crippen molar-refractivity contribution in [1.29, 1.82) is 0 Å². The highest BCUT2D eigenvalue weighted by molar-refractivity contribution is 8.18. The SMILES string of the molecule is C#CCOc1ccc(/C=C2\SC(=O)N(Cc3ccc(F)cc3)C2=O)cc1. The van der Waals surface area contributed by atoms with E-state index < -0.39 is 0 Å². The smallest absolute Gasteiger partial charge is 0.293 e. The monoisotopic (exact) mass is 367 g/mol. The first-order chi connectivity index (χ1) is 12.6. The van der Waals surface area contributed by atoms with Gasteiger partial charge < -0.3 is 4.74 Å². The minimum absolute atomic E-state index is 0.112. The van der Waals surface area contributed by atoms with Crippen LogP contribution in [0.4, 0.5) is 9.18 Å². The van der Waals surface area contributed by atoms with Gasteiger partial charge in [-0.1, -0.05) is 30.2 Å². The number of amides is 2. The summed E-state index contributed by atoms with van der Waals surface area (Å²) in [6.45, 7) is 0.294. The number of imide groups is 1. The number of benzene rings is 2. The number of ether oxygens (including phenoxy) is 1. The van der Waals surface area contributed by atoms with Crippen molar-refractivity contribution < 1.29 is 18.7 Å². The van der Waals surface area contributed by atoms with Crippen LogP contribution in [0.2, 0.25) is 0 Å². The van der Waals surface area contributed by atoms with Gasteiger partial charge in [0.15, 0.2) is 0 Å². The lowest BCUT2D eigenvalue weighted by molar-refractivity contribution is -0.123. The highest BCUT2D eigenvalue weighted by Gasteiger charge is 2.34. The van der Waals surface area contributed by atoms with Crippen LogP contribution in [-0.4, -0.2) is 22.7 Å². The van der Waals surface area contributed by atoms with Crippen molar-refractivity contribution in [2.75, 3.05) is 6.61 Å². The molecule has 26 heavy (non-hydrogen) atoms. The zero-order valence-corrected chi connectivity index (χ0v) is 14.5. The van der Waals surface area contributed by atoms with E-state index in [2.05, 4.69) is 5.92 Å². The highest BCUT2D eigenvalue weighted by atomic mass is 32.2. The van der Waals surface area contributed by atoms with Gasteiger partial charge in [-0.25, -0.2) is 4.39 Å². The predicted octanol–water partition coefficient (Wildman–Crippen LogP) is 4.07. The third kappa shape index (κ3) is 4.13. The Kier molecular flexibility index (Phi) is 5.40. The van der Waals surface area contributed by atoms with Crippen LogP contribution in [0.15, 0.2) is 53.4 Å². The predicted molar refractivity (Wildman–Crippen MR) is 98.7 cm³/mol. The molecule has 2 aromatic rings. The third-order valence-electron chi connectivity index (χ3n) is 3.63.